The fraction of sp³-hybridized carbons (Fsp3) is 0.385. The summed E-state index contributed by atoms with van der Waals surface area (Å²) < 4.78 is 10.0. The molecule has 0 saturated carbocycles. The van der Waals surface area contributed by atoms with E-state index in [1.807, 2.05) is 19.6 Å². The van der Waals surface area contributed by atoms with Gasteiger partial charge in [0, 0.05) is 10.9 Å². The Bertz CT molecular complexity index is 514. The van der Waals surface area contributed by atoms with Gasteiger partial charge in [-0.25, -0.2) is 0 Å². The van der Waals surface area contributed by atoms with E-state index < -0.39 is 10.3 Å². The molecule has 0 fully saturated rings. The Labute approximate surface area is 104 Å². The summed E-state index contributed by atoms with van der Waals surface area (Å²) in [4.78, 5) is 3.29. The van der Waals surface area contributed by atoms with Crippen molar-refractivity contribution in [3.8, 4) is 0 Å². The molecule has 0 spiro atoms. The van der Waals surface area contributed by atoms with E-state index in [9.17, 15) is 4.55 Å². The van der Waals surface area contributed by atoms with E-state index in [1.54, 1.807) is 0 Å². The molecule has 0 saturated heterocycles. The molecule has 3 nitrogen and oxygen atoms in total. The molecule has 2 aromatic rings. The standard InChI is InChI=1S/C13H20N2OS/c1-14-7-6-10-4-5-12-11(8-10)9-13(15-12)17(2,3)16/h4-5,8-9,14-16H,6-7H2,1-3H3. The summed E-state index contributed by atoms with van der Waals surface area (Å²) in [6.45, 7) is 0.986. The zero-order chi connectivity index (χ0) is 12.5. The van der Waals surface area contributed by atoms with E-state index in [2.05, 4.69) is 34.6 Å². The first kappa shape index (κ1) is 12.5. The number of fused-ring (bicyclic) bond motifs is 1. The second-order valence-electron chi connectivity index (χ2n) is 4.68. The maximum Gasteiger partial charge on any atom is 0.0777 e. The summed E-state index contributed by atoms with van der Waals surface area (Å²) in [7, 11) is 0.300. The fourth-order valence-electron chi connectivity index (χ4n) is 1.85. The summed E-state index contributed by atoms with van der Waals surface area (Å²) in [6, 6.07) is 8.49. The molecule has 0 atom stereocenters. The Morgan fingerprint density at radius 3 is 2.71 bits per heavy atom. The number of benzene rings is 1. The number of aromatic amines is 1. The third-order valence-corrected chi connectivity index (χ3v) is 4.16. The summed E-state index contributed by atoms with van der Waals surface area (Å²) in [5.74, 6) is 0. The highest BCUT2D eigenvalue weighted by molar-refractivity contribution is 8.28. The van der Waals surface area contributed by atoms with Crippen LogP contribution in [0.4, 0.5) is 0 Å². The molecule has 0 unspecified atom stereocenters. The van der Waals surface area contributed by atoms with Crippen molar-refractivity contribution in [3.63, 3.8) is 0 Å². The van der Waals surface area contributed by atoms with Crippen LogP contribution in [0.1, 0.15) is 5.56 Å². The minimum atomic E-state index is -1.66. The summed E-state index contributed by atoms with van der Waals surface area (Å²) in [5, 5.41) is 5.28. The van der Waals surface area contributed by atoms with Crippen molar-refractivity contribution in [2.75, 3.05) is 26.1 Å². The summed E-state index contributed by atoms with van der Waals surface area (Å²) >= 11 is 0. The fourth-order valence-corrected chi connectivity index (χ4v) is 2.62. The van der Waals surface area contributed by atoms with E-state index >= 15 is 0 Å². The predicted octanol–water partition coefficient (Wildman–Crippen LogP) is 2.83. The van der Waals surface area contributed by atoms with Crippen LogP contribution in [0.15, 0.2) is 29.3 Å². The van der Waals surface area contributed by atoms with Crippen LogP contribution in [0.3, 0.4) is 0 Å². The zero-order valence-corrected chi connectivity index (χ0v) is 11.4. The molecular weight excluding hydrogens is 232 g/mol. The Morgan fingerprint density at radius 1 is 1.29 bits per heavy atom. The number of aromatic nitrogens is 1. The van der Waals surface area contributed by atoms with E-state index in [1.165, 1.54) is 10.9 Å². The molecule has 17 heavy (non-hydrogen) atoms. The third kappa shape index (κ3) is 2.83. The number of likely N-dealkylation sites (N-methyl/N-ethyl adjacent to an activating group) is 1. The van der Waals surface area contributed by atoms with Gasteiger partial charge >= 0.3 is 0 Å². The summed E-state index contributed by atoms with van der Waals surface area (Å²) in [5.41, 5.74) is 2.42. The average Bonchev–Trinajstić information content (AvgIpc) is 2.68. The van der Waals surface area contributed by atoms with Gasteiger partial charge in [-0.2, -0.15) is 0 Å². The lowest BCUT2D eigenvalue weighted by Gasteiger charge is -2.20. The maximum absolute atomic E-state index is 10.0. The monoisotopic (exact) mass is 252 g/mol. The SMILES string of the molecule is CNCCc1ccc2[nH]c(S(C)(C)O)cc2c1. The van der Waals surface area contributed by atoms with Crippen LogP contribution in [-0.2, 0) is 6.42 Å². The van der Waals surface area contributed by atoms with Gasteiger partial charge in [0.2, 0.25) is 0 Å². The lowest BCUT2D eigenvalue weighted by Crippen LogP contribution is -2.10. The van der Waals surface area contributed by atoms with Gasteiger partial charge in [-0.15, -0.1) is 10.3 Å². The van der Waals surface area contributed by atoms with E-state index in [0.717, 1.165) is 23.5 Å². The molecule has 0 amide bonds. The molecule has 0 aliphatic carbocycles. The van der Waals surface area contributed by atoms with Crippen LogP contribution in [0, 0.1) is 0 Å². The van der Waals surface area contributed by atoms with Gasteiger partial charge in [-0.1, -0.05) is 6.07 Å². The van der Waals surface area contributed by atoms with E-state index in [4.69, 9.17) is 0 Å². The molecule has 0 radical (unpaired) electrons. The highest BCUT2D eigenvalue weighted by Crippen LogP contribution is 2.44. The van der Waals surface area contributed by atoms with Crippen LogP contribution >= 0.6 is 10.3 Å². The second-order valence-corrected chi connectivity index (χ2v) is 7.67. The first-order valence-corrected chi connectivity index (χ1v) is 8.13. The van der Waals surface area contributed by atoms with Crippen molar-refractivity contribution < 1.29 is 4.55 Å². The molecule has 0 aliphatic rings. The average molecular weight is 252 g/mol. The second kappa shape index (κ2) is 4.72. The smallest absolute Gasteiger partial charge is 0.0777 e. The molecule has 0 aliphatic heterocycles. The molecule has 1 aromatic carbocycles. The van der Waals surface area contributed by atoms with Crippen molar-refractivity contribution in [2.45, 2.75) is 11.4 Å². The number of hydrogen-bond acceptors (Lipinski definition) is 2. The van der Waals surface area contributed by atoms with Gasteiger partial charge in [0.25, 0.3) is 0 Å². The maximum atomic E-state index is 10.0. The Hall–Kier alpha value is -0.970. The van der Waals surface area contributed by atoms with E-state index in [-0.39, 0.29) is 0 Å². The van der Waals surface area contributed by atoms with E-state index in [0.29, 0.717) is 0 Å². The van der Waals surface area contributed by atoms with Crippen LogP contribution in [0.2, 0.25) is 0 Å². The van der Waals surface area contributed by atoms with Crippen LogP contribution in [0.5, 0.6) is 0 Å². The van der Waals surface area contributed by atoms with Crippen molar-refractivity contribution in [3.05, 3.63) is 29.8 Å². The van der Waals surface area contributed by atoms with Gasteiger partial charge in [0.05, 0.1) is 5.03 Å². The van der Waals surface area contributed by atoms with Crippen LogP contribution in [0.25, 0.3) is 10.9 Å². The molecule has 2 rings (SSSR count). The number of H-pyrrole nitrogens is 1. The topological polar surface area (TPSA) is 48.0 Å². The first-order valence-electron chi connectivity index (χ1n) is 5.73. The molecule has 1 aromatic heterocycles. The lowest BCUT2D eigenvalue weighted by atomic mass is 10.1. The van der Waals surface area contributed by atoms with Crippen molar-refractivity contribution >= 4 is 21.2 Å². The van der Waals surface area contributed by atoms with Gasteiger partial charge < -0.3 is 14.9 Å². The van der Waals surface area contributed by atoms with Crippen molar-refractivity contribution in [1.82, 2.24) is 10.3 Å². The normalized spacial score (nSPS) is 13.2. The number of nitrogens with one attached hydrogen (secondary N) is 2. The van der Waals surface area contributed by atoms with Gasteiger partial charge in [-0.05, 0) is 56.3 Å². The predicted molar refractivity (Wildman–Crippen MR) is 76.3 cm³/mol. The molecule has 94 valence electrons. The van der Waals surface area contributed by atoms with Crippen LogP contribution < -0.4 is 5.32 Å². The first-order chi connectivity index (χ1) is 8.00. The van der Waals surface area contributed by atoms with Crippen molar-refractivity contribution in [1.29, 1.82) is 0 Å². The zero-order valence-electron chi connectivity index (χ0n) is 10.6. The largest absolute Gasteiger partial charge is 0.349 e. The van der Waals surface area contributed by atoms with Crippen molar-refractivity contribution in [2.24, 2.45) is 0 Å². The van der Waals surface area contributed by atoms with Gasteiger partial charge in [-0.3, -0.25) is 0 Å². The lowest BCUT2D eigenvalue weighted by molar-refractivity contribution is 0.634. The highest BCUT2D eigenvalue weighted by Gasteiger charge is 2.13. The van der Waals surface area contributed by atoms with Gasteiger partial charge in [0.1, 0.15) is 0 Å². The molecular formula is C13H20N2OS. The highest BCUT2D eigenvalue weighted by atomic mass is 32.3. The number of rotatable bonds is 4. The Balaban J connectivity index is 2.34. The molecule has 1 heterocycles. The molecule has 4 heteroatoms. The molecule has 0 bridgehead atoms. The van der Waals surface area contributed by atoms with Gasteiger partial charge in [0.15, 0.2) is 0 Å². The number of hydrogen-bond donors (Lipinski definition) is 3. The quantitative estimate of drug-likeness (QED) is 0.783. The molecule has 3 N–H and O–H groups in total. The minimum Gasteiger partial charge on any atom is -0.349 e. The third-order valence-electron chi connectivity index (χ3n) is 2.86. The van der Waals surface area contributed by atoms with Crippen LogP contribution in [-0.4, -0.2) is 35.6 Å². The summed E-state index contributed by atoms with van der Waals surface area (Å²) in [6.07, 6.45) is 4.78. The minimum absolute atomic E-state index is 0.943. The Kier molecular flexibility index (Phi) is 3.47. The Morgan fingerprint density at radius 2 is 2.06 bits per heavy atom.